The van der Waals surface area contributed by atoms with Gasteiger partial charge >= 0.3 is 5.97 Å². The normalized spacial score (nSPS) is 18.4. The lowest BCUT2D eigenvalue weighted by Gasteiger charge is -2.29. The Labute approximate surface area is 222 Å². The second-order valence-corrected chi connectivity index (χ2v) is 9.24. The molecule has 0 aromatic heterocycles. The molecule has 2 atom stereocenters. The topological polar surface area (TPSA) is 126 Å². The Morgan fingerprint density at radius 1 is 1.16 bits per heavy atom. The van der Waals surface area contributed by atoms with Gasteiger partial charge in [-0.3, -0.25) is 0 Å². The minimum Gasteiger partial charge on any atom is -0.494 e. The molecule has 9 nitrogen and oxygen atoms in total. The fourth-order valence-corrected chi connectivity index (χ4v) is 4.43. The van der Waals surface area contributed by atoms with Crippen molar-refractivity contribution in [2.45, 2.75) is 24.5 Å². The van der Waals surface area contributed by atoms with E-state index < -0.39 is 17.6 Å². The molecule has 0 saturated heterocycles. The van der Waals surface area contributed by atoms with Crippen molar-refractivity contribution in [3.05, 3.63) is 104 Å². The van der Waals surface area contributed by atoms with Crippen molar-refractivity contribution >= 4 is 33.5 Å². The lowest BCUT2D eigenvalue weighted by Crippen LogP contribution is -2.44. The fraction of sp³-hybridized carbons (Fsp3) is 0.259. The summed E-state index contributed by atoms with van der Waals surface area (Å²) in [7, 11) is 1.31. The predicted octanol–water partition coefficient (Wildman–Crippen LogP) is 5.82. The third-order valence-electron chi connectivity index (χ3n) is 5.95. The van der Waals surface area contributed by atoms with Gasteiger partial charge in [-0.25, -0.2) is 9.79 Å². The first kappa shape index (κ1) is 26.2. The van der Waals surface area contributed by atoms with Crippen LogP contribution in [0.2, 0.25) is 0 Å². The number of carbonyl (C=O) groups excluding carboxylic acids is 1. The van der Waals surface area contributed by atoms with Crippen molar-refractivity contribution in [3.8, 4) is 5.75 Å². The molecule has 0 radical (unpaired) electrons. The molecule has 3 aromatic rings. The van der Waals surface area contributed by atoms with Gasteiger partial charge in [0.05, 0.1) is 13.7 Å². The largest absolute Gasteiger partial charge is 0.494 e. The molecule has 0 bridgehead atoms. The molecule has 3 aromatic carbocycles. The van der Waals surface area contributed by atoms with E-state index in [1.54, 1.807) is 48.5 Å². The number of carbonyl (C=O) groups is 1. The van der Waals surface area contributed by atoms with Crippen LogP contribution in [0.5, 0.6) is 5.75 Å². The number of methoxy groups -OCH3 is 1. The summed E-state index contributed by atoms with van der Waals surface area (Å²) in [4.78, 5) is 21.2. The lowest BCUT2D eigenvalue weighted by molar-refractivity contribution is -0.149. The van der Waals surface area contributed by atoms with E-state index in [0.717, 1.165) is 10.0 Å². The quantitative estimate of drug-likeness (QED) is 0.109. The molecule has 0 spiro atoms. The molecule has 0 saturated carbocycles. The van der Waals surface area contributed by atoms with Crippen LogP contribution >= 0.6 is 15.9 Å². The zero-order valence-electron chi connectivity index (χ0n) is 20.1. The average molecular weight is 565 g/mol. The number of aliphatic hydroxyl groups excluding tert-OH is 1. The van der Waals surface area contributed by atoms with Gasteiger partial charge in [0.15, 0.2) is 6.10 Å². The van der Waals surface area contributed by atoms with E-state index in [1.807, 2.05) is 24.3 Å². The van der Waals surface area contributed by atoms with Gasteiger partial charge in [0, 0.05) is 40.1 Å². The zero-order chi connectivity index (χ0) is 26.3. The second-order valence-electron chi connectivity index (χ2n) is 8.33. The minimum absolute atomic E-state index is 0.0542. The molecule has 0 unspecified atom stereocenters. The van der Waals surface area contributed by atoms with E-state index in [-0.39, 0.29) is 18.9 Å². The van der Waals surface area contributed by atoms with Crippen LogP contribution in [0.25, 0.3) is 10.4 Å². The van der Waals surface area contributed by atoms with Gasteiger partial charge in [-0.15, -0.1) is 0 Å². The monoisotopic (exact) mass is 564 g/mol. The molecule has 190 valence electrons. The molecule has 1 aliphatic heterocycles. The zero-order valence-corrected chi connectivity index (χ0v) is 21.7. The van der Waals surface area contributed by atoms with Crippen LogP contribution in [0.1, 0.15) is 29.2 Å². The highest BCUT2D eigenvalue weighted by Gasteiger charge is 2.54. The van der Waals surface area contributed by atoms with E-state index in [4.69, 9.17) is 29.8 Å². The van der Waals surface area contributed by atoms with Gasteiger partial charge < -0.3 is 19.3 Å². The van der Waals surface area contributed by atoms with Crippen molar-refractivity contribution in [1.29, 1.82) is 0 Å². The van der Waals surface area contributed by atoms with Crippen LogP contribution < -0.4 is 4.74 Å². The SMILES string of the molecule is COC(=O)[C@]1(Cc2ccccc2N=[N+]=[N-])N=C(c2ccc(OCCCO)cc2)O[C@@H]1c1ccc(Br)cc1. The fourth-order valence-electron chi connectivity index (χ4n) is 4.17. The third kappa shape index (κ3) is 5.77. The van der Waals surface area contributed by atoms with Gasteiger partial charge in [0.25, 0.3) is 0 Å². The summed E-state index contributed by atoms with van der Waals surface area (Å²) in [6.45, 7) is 0.452. The third-order valence-corrected chi connectivity index (χ3v) is 6.48. The number of halogens is 1. The standard InChI is InChI=1S/C27H25BrN4O5/c1-35-26(34)27(17-20-5-2-3-6-23(20)31-32-29)24(18-7-11-21(28)12-8-18)37-25(30-27)19-9-13-22(14-10-19)36-16-4-15-33/h2-3,5-14,24,33H,4,15-17H2,1H3/t24-,27-/m1/s1. The summed E-state index contributed by atoms with van der Waals surface area (Å²) in [6, 6.07) is 21.7. The smallest absolute Gasteiger partial charge is 0.338 e. The number of hydrogen-bond donors (Lipinski definition) is 1. The van der Waals surface area contributed by atoms with E-state index in [2.05, 4.69) is 26.0 Å². The maximum atomic E-state index is 13.5. The van der Waals surface area contributed by atoms with Crippen LogP contribution in [0.4, 0.5) is 5.69 Å². The molecule has 0 amide bonds. The van der Waals surface area contributed by atoms with Gasteiger partial charge in [0.1, 0.15) is 5.75 Å². The van der Waals surface area contributed by atoms with Crippen molar-refractivity contribution < 1.29 is 24.1 Å². The molecule has 4 rings (SSSR count). The van der Waals surface area contributed by atoms with E-state index >= 15 is 0 Å². The molecule has 1 N–H and O–H groups in total. The molecule has 37 heavy (non-hydrogen) atoms. The van der Waals surface area contributed by atoms with E-state index in [9.17, 15) is 4.79 Å². The summed E-state index contributed by atoms with van der Waals surface area (Å²) in [6.07, 6.45) is -0.185. The first-order valence-electron chi connectivity index (χ1n) is 11.6. The van der Waals surface area contributed by atoms with E-state index in [0.29, 0.717) is 35.6 Å². The van der Waals surface area contributed by atoms with Crippen molar-refractivity contribution in [2.75, 3.05) is 20.3 Å². The van der Waals surface area contributed by atoms with Crippen LogP contribution in [0.3, 0.4) is 0 Å². The van der Waals surface area contributed by atoms with Crippen LogP contribution in [0, 0.1) is 0 Å². The Balaban J connectivity index is 1.79. The summed E-state index contributed by atoms with van der Waals surface area (Å²) in [5.74, 6) is 0.347. The Morgan fingerprint density at radius 3 is 2.57 bits per heavy atom. The molecular weight excluding hydrogens is 540 g/mol. The minimum atomic E-state index is -1.48. The Hall–Kier alpha value is -3.85. The highest BCUT2D eigenvalue weighted by atomic mass is 79.9. The highest BCUT2D eigenvalue weighted by Crippen LogP contribution is 2.44. The number of esters is 1. The first-order chi connectivity index (χ1) is 18.0. The van der Waals surface area contributed by atoms with Gasteiger partial charge in [0.2, 0.25) is 11.4 Å². The number of aliphatic imine (C=N–C) groups is 1. The maximum absolute atomic E-state index is 13.5. The molecule has 0 aliphatic carbocycles. The van der Waals surface area contributed by atoms with Crippen molar-refractivity contribution in [2.24, 2.45) is 10.1 Å². The number of benzene rings is 3. The van der Waals surface area contributed by atoms with Gasteiger partial charge in [-0.2, -0.15) is 0 Å². The molecule has 10 heteroatoms. The van der Waals surface area contributed by atoms with Crippen LogP contribution in [-0.2, 0) is 20.7 Å². The summed E-state index contributed by atoms with van der Waals surface area (Å²) < 4.78 is 18.1. The Kier molecular flexibility index (Phi) is 8.45. The van der Waals surface area contributed by atoms with Crippen molar-refractivity contribution in [3.63, 3.8) is 0 Å². The van der Waals surface area contributed by atoms with Gasteiger partial charge in [-0.1, -0.05) is 57.4 Å². The predicted molar refractivity (Wildman–Crippen MR) is 142 cm³/mol. The summed E-state index contributed by atoms with van der Waals surface area (Å²) >= 11 is 3.45. The molecule has 0 fully saturated rings. The maximum Gasteiger partial charge on any atom is 0.338 e. The number of hydrogen-bond acceptors (Lipinski definition) is 7. The second kappa shape index (κ2) is 11.9. The Bertz CT molecular complexity index is 1320. The number of aliphatic hydroxyl groups is 1. The molecule has 1 heterocycles. The lowest BCUT2D eigenvalue weighted by atomic mass is 9.82. The van der Waals surface area contributed by atoms with Crippen LogP contribution in [0.15, 0.2) is 87.4 Å². The molecular formula is C27H25BrN4O5. The van der Waals surface area contributed by atoms with Gasteiger partial charge in [-0.05, 0) is 53.1 Å². The highest BCUT2D eigenvalue weighted by molar-refractivity contribution is 9.10. The number of rotatable bonds is 10. The molecule has 1 aliphatic rings. The average Bonchev–Trinajstić information content (AvgIpc) is 3.31. The number of nitrogens with zero attached hydrogens (tertiary/aromatic N) is 4. The summed E-state index contributed by atoms with van der Waals surface area (Å²) in [5, 5.41) is 12.8. The van der Waals surface area contributed by atoms with Crippen LogP contribution in [-0.4, -0.2) is 42.8 Å². The van der Waals surface area contributed by atoms with Crippen molar-refractivity contribution in [1.82, 2.24) is 0 Å². The Morgan fingerprint density at radius 2 is 1.89 bits per heavy atom. The van der Waals surface area contributed by atoms with E-state index in [1.165, 1.54) is 7.11 Å². The first-order valence-corrected chi connectivity index (χ1v) is 12.4. The summed E-state index contributed by atoms with van der Waals surface area (Å²) in [5.41, 5.74) is 10.00. The number of ether oxygens (including phenoxy) is 3. The number of azide groups is 1.